The highest BCUT2D eigenvalue weighted by Crippen LogP contribution is 2.37. The number of ether oxygens (including phenoxy) is 1. The van der Waals surface area contributed by atoms with Crippen LogP contribution in [0.5, 0.6) is 0 Å². The van der Waals surface area contributed by atoms with Gasteiger partial charge >= 0.3 is 0 Å². The topological polar surface area (TPSA) is 21.3 Å². The predicted molar refractivity (Wildman–Crippen MR) is 87.8 cm³/mol. The molecule has 0 atom stereocenters. The first kappa shape index (κ1) is 16.2. The molecule has 2 rings (SSSR count). The fraction of sp³-hybridized carbons (Fsp3) is 0.625. The molecule has 0 aliphatic heterocycles. The quantitative estimate of drug-likeness (QED) is 0.749. The molecular weight excluding hydrogens is 290 g/mol. The number of hydrogen-bond donors (Lipinski definition) is 1. The molecule has 0 radical (unpaired) electrons. The summed E-state index contributed by atoms with van der Waals surface area (Å²) in [7, 11) is 1.72. The van der Waals surface area contributed by atoms with Gasteiger partial charge < -0.3 is 10.1 Å². The summed E-state index contributed by atoms with van der Waals surface area (Å²) in [5, 5.41) is 5.03. The molecule has 0 heterocycles. The second-order valence-electron chi connectivity index (χ2n) is 5.26. The zero-order valence-electron chi connectivity index (χ0n) is 12.2. The highest BCUT2D eigenvalue weighted by atomic mass is 35.5. The lowest BCUT2D eigenvalue weighted by Crippen LogP contribution is -2.19. The van der Waals surface area contributed by atoms with Crippen LogP contribution in [0.2, 0.25) is 5.02 Å². The van der Waals surface area contributed by atoms with Crippen molar-refractivity contribution in [3.05, 3.63) is 28.8 Å². The van der Waals surface area contributed by atoms with Crippen molar-refractivity contribution in [3.63, 3.8) is 0 Å². The van der Waals surface area contributed by atoms with Crippen molar-refractivity contribution in [1.29, 1.82) is 0 Å². The van der Waals surface area contributed by atoms with Crippen LogP contribution in [0.15, 0.2) is 23.1 Å². The summed E-state index contributed by atoms with van der Waals surface area (Å²) in [4.78, 5) is 1.34. The highest BCUT2D eigenvalue weighted by molar-refractivity contribution is 8.00. The van der Waals surface area contributed by atoms with E-state index in [0.717, 1.165) is 30.0 Å². The first-order chi connectivity index (χ1) is 9.81. The maximum Gasteiger partial charge on any atom is 0.0587 e. The molecular formula is C16H24ClNOS. The Morgan fingerprint density at radius 3 is 2.85 bits per heavy atom. The van der Waals surface area contributed by atoms with E-state index in [-0.39, 0.29) is 0 Å². The van der Waals surface area contributed by atoms with Gasteiger partial charge in [0.2, 0.25) is 0 Å². The van der Waals surface area contributed by atoms with Crippen LogP contribution in [0, 0.1) is 0 Å². The van der Waals surface area contributed by atoms with Crippen LogP contribution >= 0.6 is 23.4 Å². The molecule has 1 saturated carbocycles. The van der Waals surface area contributed by atoms with E-state index >= 15 is 0 Å². The van der Waals surface area contributed by atoms with Crippen molar-refractivity contribution in [2.75, 3.05) is 20.3 Å². The highest BCUT2D eigenvalue weighted by Gasteiger charge is 2.17. The summed E-state index contributed by atoms with van der Waals surface area (Å²) in [6, 6.07) is 6.25. The van der Waals surface area contributed by atoms with Gasteiger partial charge in [-0.1, -0.05) is 36.9 Å². The van der Waals surface area contributed by atoms with Gasteiger partial charge in [0, 0.05) is 35.4 Å². The van der Waals surface area contributed by atoms with E-state index in [9.17, 15) is 0 Å². The van der Waals surface area contributed by atoms with Crippen molar-refractivity contribution in [3.8, 4) is 0 Å². The van der Waals surface area contributed by atoms with Crippen LogP contribution in [-0.2, 0) is 11.3 Å². The monoisotopic (exact) mass is 313 g/mol. The second-order valence-corrected chi connectivity index (χ2v) is 7.01. The van der Waals surface area contributed by atoms with E-state index < -0.39 is 0 Å². The third-order valence-electron chi connectivity index (χ3n) is 3.71. The molecule has 1 aliphatic rings. The molecule has 0 saturated heterocycles. The summed E-state index contributed by atoms with van der Waals surface area (Å²) in [5.41, 5.74) is 1.24. The predicted octanol–water partition coefficient (Wildman–Crippen LogP) is 4.50. The normalized spacial score (nSPS) is 16.5. The number of hydrogen-bond acceptors (Lipinski definition) is 3. The summed E-state index contributed by atoms with van der Waals surface area (Å²) in [6.07, 6.45) is 6.83. The fourth-order valence-corrected chi connectivity index (χ4v) is 4.28. The molecule has 20 heavy (non-hydrogen) atoms. The van der Waals surface area contributed by atoms with E-state index in [4.69, 9.17) is 16.3 Å². The summed E-state index contributed by atoms with van der Waals surface area (Å²) >= 11 is 8.39. The van der Waals surface area contributed by atoms with Gasteiger partial charge in [0.1, 0.15) is 0 Å². The molecule has 1 aromatic rings. The number of benzene rings is 1. The minimum Gasteiger partial charge on any atom is -0.383 e. The van der Waals surface area contributed by atoms with Gasteiger partial charge in [0.15, 0.2) is 0 Å². The van der Waals surface area contributed by atoms with Gasteiger partial charge in [-0.2, -0.15) is 0 Å². The molecule has 0 spiro atoms. The molecule has 1 fully saturated rings. The smallest absolute Gasteiger partial charge is 0.0587 e. The molecule has 0 unspecified atom stereocenters. The van der Waals surface area contributed by atoms with E-state index in [0.29, 0.717) is 0 Å². The van der Waals surface area contributed by atoms with Crippen LogP contribution in [-0.4, -0.2) is 25.5 Å². The Labute approximate surface area is 131 Å². The zero-order chi connectivity index (χ0) is 14.2. The van der Waals surface area contributed by atoms with E-state index in [1.807, 2.05) is 17.8 Å². The van der Waals surface area contributed by atoms with E-state index in [2.05, 4.69) is 17.4 Å². The first-order valence-corrected chi connectivity index (χ1v) is 8.70. The van der Waals surface area contributed by atoms with Gasteiger partial charge in [-0.25, -0.2) is 0 Å². The SMILES string of the molecule is COCCNCc1c(Cl)cccc1SC1CCCCC1. The van der Waals surface area contributed by atoms with E-state index in [1.54, 1.807) is 7.11 Å². The second kappa shape index (κ2) is 8.93. The van der Waals surface area contributed by atoms with Gasteiger partial charge in [-0.05, 0) is 30.5 Å². The summed E-state index contributed by atoms with van der Waals surface area (Å²) in [5.74, 6) is 0. The van der Waals surface area contributed by atoms with Crippen molar-refractivity contribution in [2.45, 2.75) is 48.8 Å². The lowest BCUT2D eigenvalue weighted by atomic mass is 10.0. The third kappa shape index (κ3) is 4.96. The van der Waals surface area contributed by atoms with Crippen LogP contribution in [0.25, 0.3) is 0 Å². The van der Waals surface area contributed by atoms with Crippen molar-refractivity contribution in [2.24, 2.45) is 0 Å². The lowest BCUT2D eigenvalue weighted by molar-refractivity contribution is 0.199. The Morgan fingerprint density at radius 1 is 1.30 bits per heavy atom. The molecule has 0 aromatic heterocycles. The van der Waals surface area contributed by atoms with Gasteiger partial charge in [0.25, 0.3) is 0 Å². The Kier molecular flexibility index (Phi) is 7.22. The van der Waals surface area contributed by atoms with Crippen LogP contribution < -0.4 is 5.32 Å². The maximum atomic E-state index is 6.38. The Morgan fingerprint density at radius 2 is 2.10 bits per heavy atom. The molecule has 1 aliphatic carbocycles. The average molecular weight is 314 g/mol. The number of halogens is 1. The molecule has 4 heteroatoms. The van der Waals surface area contributed by atoms with Crippen molar-refractivity contribution in [1.82, 2.24) is 5.32 Å². The largest absolute Gasteiger partial charge is 0.383 e. The van der Waals surface area contributed by atoms with Gasteiger partial charge in [-0.15, -0.1) is 11.8 Å². The minimum atomic E-state index is 0.732. The average Bonchev–Trinajstić information content (AvgIpc) is 2.47. The summed E-state index contributed by atoms with van der Waals surface area (Å²) in [6.45, 7) is 2.41. The minimum absolute atomic E-state index is 0.732. The van der Waals surface area contributed by atoms with Crippen LogP contribution in [0.3, 0.4) is 0 Å². The van der Waals surface area contributed by atoms with Crippen molar-refractivity contribution < 1.29 is 4.74 Å². The van der Waals surface area contributed by atoms with Gasteiger partial charge in [0.05, 0.1) is 6.61 Å². The lowest BCUT2D eigenvalue weighted by Gasteiger charge is -2.22. The van der Waals surface area contributed by atoms with E-state index in [1.165, 1.54) is 42.6 Å². The standard InChI is InChI=1S/C16H24ClNOS/c1-19-11-10-18-12-14-15(17)8-5-9-16(14)20-13-6-3-2-4-7-13/h5,8-9,13,18H,2-4,6-7,10-12H2,1H3. The molecule has 0 bridgehead atoms. The molecule has 112 valence electrons. The first-order valence-electron chi connectivity index (χ1n) is 7.45. The zero-order valence-corrected chi connectivity index (χ0v) is 13.7. The number of methoxy groups -OCH3 is 1. The number of rotatable bonds is 7. The summed E-state index contributed by atoms with van der Waals surface area (Å²) < 4.78 is 5.06. The molecule has 1 N–H and O–H groups in total. The number of thioether (sulfide) groups is 1. The molecule has 2 nitrogen and oxygen atoms in total. The fourth-order valence-electron chi connectivity index (χ4n) is 2.57. The Bertz CT molecular complexity index is 407. The number of nitrogens with one attached hydrogen (secondary N) is 1. The van der Waals surface area contributed by atoms with Crippen LogP contribution in [0.4, 0.5) is 0 Å². The van der Waals surface area contributed by atoms with Gasteiger partial charge in [-0.3, -0.25) is 0 Å². The maximum absolute atomic E-state index is 6.38. The van der Waals surface area contributed by atoms with Crippen molar-refractivity contribution >= 4 is 23.4 Å². The molecule has 1 aromatic carbocycles. The Balaban J connectivity index is 1.97. The Hall–Kier alpha value is -0.220. The third-order valence-corrected chi connectivity index (χ3v) is 5.50. The van der Waals surface area contributed by atoms with Crippen LogP contribution in [0.1, 0.15) is 37.7 Å². The molecule has 0 amide bonds.